The van der Waals surface area contributed by atoms with E-state index in [1.54, 1.807) is 0 Å². The van der Waals surface area contributed by atoms with Gasteiger partial charge in [-0.05, 0) is 74.5 Å². The van der Waals surface area contributed by atoms with Gasteiger partial charge in [-0.2, -0.15) is 0 Å². The molecule has 134 valence electrons. The highest BCUT2D eigenvalue weighted by Gasteiger charge is 2.68. The highest BCUT2D eigenvalue weighted by molar-refractivity contribution is 5.88. The summed E-state index contributed by atoms with van der Waals surface area (Å²) in [6.07, 6.45) is 9.61. The van der Waals surface area contributed by atoms with Gasteiger partial charge in [-0.25, -0.2) is 0 Å². The third-order valence-corrected chi connectivity index (χ3v) is 9.01. The number of methoxy groups -OCH3 is 1. The molecule has 3 nitrogen and oxygen atoms in total. The molecular weight excluding hydrogens is 300 g/mol. The Labute approximate surface area is 145 Å². The second-order valence-corrected chi connectivity index (χ2v) is 10.2. The van der Waals surface area contributed by atoms with Gasteiger partial charge in [0.25, 0.3) is 0 Å². The van der Waals surface area contributed by atoms with E-state index in [9.17, 15) is 9.59 Å². The van der Waals surface area contributed by atoms with Crippen molar-refractivity contribution in [2.24, 2.45) is 33.5 Å². The lowest BCUT2D eigenvalue weighted by atomic mass is 9.40. The van der Waals surface area contributed by atoms with Crippen LogP contribution in [0.25, 0.3) is 0 Å². The zero-order chi connectivity index (χ0) is 17.4. The Morgan fingerprint density at radius 3 is 2.46 bits per heavy atom. The molecule has 0 heterocycles. The molecule has 2 bridgehead atoms. The van der Waals surface area contributed by atoms with E-state index < -0.39 is 0 Å². The molecule has 1 spiro atoms. The standard InChI is InChI=1S/C21H32O3/c1-18-10-6-15-19(2)8-5-9-20(3,17(23)24-4)14(19)7-11-21(15,13-18)12-16(18)22/h14-15H,5-13H2,1-4H3/t14-,15?,18-,19+,20+,21-/m0/s1. The van der Waals surface area contributed by atoms with Gasteiger partial charge in [-0.3, -0.25) is 9.59 Å². The lowest BCUT2D eigenvalue weighted by Gasteiger charge is -2.63. The predicted octanol–water partition coefficient (Wildman–Crippen LogP) is 4.53. The van der Waals surface area contributed by atoms with Gasteiger partial charge in [0.15, 0.2) is 0 Å². The van der Waals surface area contributed by atoms with Crippen LogP contribution in [0.15, 0.2) is 0 Å². The summed E-state index contributed by atoms with van der Waals surface area (Å²) in [5.41, 5.74) is 0.0157. The molecule has 1 unspecified atom stereocenters. The molecule has 24 heavy (non-hydrogen) atoms. The molecule has 4 aliphatic rings. The van der Waals surface area contributed by atoms with Crippen molar-refractivity contribution in [3.05, 3.63) is 0 Å². The average Bonchev–Trinajstić information content (AvgIpc) is 2.70. The molecule has 4 saturated carbocycles. The molecule has 6 atom stereocenters. The normalized spacial score (nSPS) is 53.2. The van der Waals surface area contributed by atoms with Crippen LogP contribution in [0.3, 0.4) is 0 Å². The number of ketones is 1. The third kappa shape index (κ3) is 1.85. The monoisotopic (exact) mass is 332 g/mol. The lowest BCUT2D eigenvalue weighted by molar-refractivity contribution is -0.185. The molecule has 4 aliphatic carbocycles. The van der Waals surface area contributed by atoms with Crippen LogP contribution in [0.4, 0.5) is 0 Å². The van der Waals surface area contributed by atoms with Crippen LogP contribution in [0.5, 0.6) is 0 Å². The van der Waals surface area contributed by atoms with Crippen molar-refractivity contribution in [2.75, 3.05) is 7.11 Å². The Morgan fingerprint density at radius 2 is 1.75 bits per heavy atom. The van der Waals surface area contributed by atoms with Crippen LogP contribution in [-0.2, 0) is 14.3 Å². The van der Waals surface area contributed by atoms with Crippen LogP contribution in [0, 0.1) is 33.5 Å². The number of carbonyl (C=O) groups excluding carboxylic acids is 2. The minimum atomic E-state index is -0.341. The highest BCUT2D eigenvalue weighted by Crippen LogP contribution is 2.73. The van der Waals surface area contributed by atoms with Crippen LogP contribution >= 0.6 is 0 Å². The second kappa shape index (κ2) is 4.86. The molecule has 0 saturated heterocycles. The summed E-state index contributed by atoms with van der Waals surface area (Å²) in [6.45, 7) is 6.79. The summed E-state index contributed by atoms with van der Waals surface area (Å²) in [7, 11) is 1.53. The number of ether oxygens (including phenoxy) is 1. The maximum atomic E-state index is 12.7. The van der Waals surface area contributed by atoms with Gasteiger partial charge in [0, 0.05) is 11.8 Å². The molecule has 0 N–H and O–H groups in total. The number of hydrogen-bond donors (Lipinski definition) is 0. The van der Waals surface area contributed by atoms with Gasteiger partial charge in [0.1, 0.15) is 5.78 Å². The Morgan fingerprint density at radius 1 is 1.04 bits per heavy atom. The average molecular weight is 332 g/mol. The van der Waals surface area contributed by atoms with Gasteiger partial charge in [0.2, 0.25) is 0 Å². The third-order valence-electron chi connectivity index (χ3n) is 9.01. The van der Waals surface area contributed by atoms with Crippen LogP contribution in [-0.4, -0.2) is 18.9 Å². The van der Waals surface area contributed by atoms with E-state index in [1.807, 2.05) is 0 Å². The number of carbonyl (C=O) groups is 2. The van der Waals surface area contributed by atoms with Crippen LogP contribution in [0.2, 0.25) is 0 Å². The smallest absolute Gasteiger partial charge is 0.311 e. The first-order valence-electron chi connectivity index (χ1n) is 9.82. The zero-order valence-electron chi connectivity index (χ0n) is 15.7. The minimum absolute atomic E-state index is 0.0162. The summed E-state index contributed by atoms with van der Waals surface area (Å²) in [6, 6.07) is 0. The van der Waals surface area contributed by atoms with Crippen molar-refractivity contribution in [1.29, 1.82) is 0 Å². The highest BCUT2D eigenvalue weighted by atomic mass is 16.5. The van der Waals surface area contributed by atoms with Gasteiger partial charge in [0.05, 0.1) is 12.5 Å². The zero-order valence-corrected chi connectivity index (χ0v) is 15.7. The molecule has 0 aromatic carbocycles. The Kier molecular flexibility index (Phi) is 3.36. The lowest BCUT2D eigenvalue weighted by Crippen LogP contribution is -2.58. The molecule has 0 radical (unpaired) electrons. The van der Waals surface area contributed by atoms with Crippen molar-refractivity contribution >= 4 is 11.8 Å². The molecule has 0 amide bonds. The number of hydrogen-bond acceptors (Lipinski definition) is 3. The summed E-state index contributed by atoms with van der Waals surface area (Å²) < 4.78 is 5.22. The van der Waals surface area contributed by atoms with Gasteiger partial charge in [-0.15, -0.1) is 0 Å². The first-order chi connectivity index (χ1) is 11.2. The van der Waals surface area contributed by atoms with Crippen LogP contribution in [0.1, 0.15) is 78.6 Å². The minimum Gasteiger partial charge on any atom is -0.469 e. The van der Waals surface area contributed by atoms with Crippen molar-refractivity contribution in [1.82, 2.24) is 0 Å². The van der Waals surface area contributed by atoms with E-state index in [-0.39, 0.29) is 27.6 Å². The van der Waals surface area contributed by atoms with Crippen molar-refractivity contribution in [3.8, 4) is 0 Å². The Balaban J connectivity index is 1.74. The van der Waals surface area contributed by atoms with Gasteiger partial charge in [-0.1, -0.05) is 20.3 Å². The molecule has 0 aromatic rings. The summed E-state index contributed by atoms with van der Waals surface area (Å²) in [5, 5.41) is 0. The first kappa shape index (κ1) is 16.6. The van der Waals surface area contributed by atoms with Gasteiger partial charge < -0.3 is 4.74 Å². The summed E-state index contributed by atoms with van der Waals surface area (Å²) in [5.74, 6) is 1.51. The predicted molar refractivity (Wildman–Crippen MR) is 92.3 cm³/mol. The van der Waals surface area contributed by atoms with Gasteiger partial charge >= 0.3 is 5.97 Å². The van der Waals surface area contributed by atoms with E-state index in [2.05, 4.69) is 20.8 Å². The van der Waals surface area contributed by atoms with E-state index in [4.69, 9.17) is 4.74 Å². The largest absolute Gasteiger partial charge is 0.469 e. The maximum Gasteiger partial charge on any atom is 0.311 e. The van der Waals surface area contributed by atoms with E-state index >= 15 is 0 Å². The topological polar surface area (TPSA) is 43.4 Å². The van der Waals surface area contributed by atoms with Crippen molar-refractivity contribution in [2.45, 2.75) is 78.6 Å². The fourth-order valence-corrected chi connectivity index (χ4v) is 7.98. The van der Waals surface area contributed by atoms with E-state index in [0.717, 1.165) is 44.9 Å². The molecule has 0 aromatic heterocycles. The Hall–Kier alpha value is -0.860. The number of rotatable bonds is 1. The molecule has 4 fully saturated rings. The maximum absolute atomic E-state index is 12.7. The van der Waals surface area contributed by atoms with Crippen molar-refractivity contribution in [3.63, 3.8) is 0 Å². The van der Waals surface area contributed by atoms with Crippen molar-refractivity contribution < 1.29 is 14.3 Å². The first-order valence-corrected chi connectivity index (χ1v) is 9.82. The quantitative estimate of drug-likeness (QED) is 0.663. The molecular formula is C21H32O3. The van der Waals surface area contributed by atoms with E-state index in [0.29, 0.717) is 17.6 Å². The Bertz CT molecular complexity index is 598. The molecule has 0 aliphatic heterocycles. The molecule has 4 rings (SSSR count). The fraction of sp³-hybridized carbons (Fsp3) is 0.905. The van der Waals surface area contributed by atoms with E-state index in [1.165, 1.54) is 20.0 Å². The SMILES string of the molecule is COC(=O)[C@]1(C)CCC[C@@]2(C)C3CC[C@@]4(C)C[C@]3(CC[C@H]12)CC4=O. The number of fused-ring (bicyclic) bond motifs is 3. The summed E-state index contributed by atoms with van der Waals surface area (Å²) in [4.78, 5) is 25.3. The fourth-order valence-electron chi connectivity index (χ4n) is 7.98. The molecule has 3 heteroatoms. The second-order valence-electron chi connectivity index (χ2n) is 10.2. The number of esters is 1. The van der Waals surface area contributed by atoms with Crippen LogP contribution < -0.4 is 0 Å². The number of Topliss-reactive ketones (excluding diaryl/α,β-unsaturated/α-hetero) is 1. The summed E-state index contributed by atoms with van der Waals surface area (Å²) >= 11 is 0.